The van der Waals surface area contributed by atoms with Crippen molar-refractivity contribution in [2.24, 2.45) is 0 Å². The second-order valence-corrected chi connectivity index (χ2v) is 5.94. The second kappa shape index (κ2) is 9.10. The molecule has 1 aliphatic heterocycles. The van der Waals surface area contributed by atoms with Crippen molar-refractivity contribution in [3.8, 4) is 11.5 Å². The summed E-state index contributed by atoms with van der Waals surface area (Å²) in [5, 5.41) is 2.89. The predicted octanol–water partition coefficient (Wildman–Crippen LogP) is 2.94. The molecular formula is C20H24N2O4. The Morgan fingerprint density at radius 2 is 1.77 bits per heavy atom. The van der Waals surface area contributed by atoms with E-state index in [4.69, 9.17) is 14.2 Å². The minimum absolute atomic E-state index is 0.0842. The van der Waals surface area contributed by atoms with Gasteiger partial charge in [-0.15, -0.1) is 0 Å². The highest BCUT2D eigenvalue weighted by Gasteiger charge is 2.11. The van der Waals surface area contributed by atoms with E-state index in [2.05, 4.69) is 10.2 Å². The molecule has 0 bridgehead atoms. The summed E-state index contributed by atoms with van der Waals surface area (Å²) in [6.45, 7) is 3.59. The summed E-state index contributed by atoms with van der Waals surface area (Å²) < 4.78 is 16.2. The zero-order valence-corrected chi connectivity index (χ0v) is 14.9. The van der Waals surface area contributed by atoms with E-state index >= 15 is 0 Å². The van der Waals surface area contributed by atoms with Crippen molar-refractivity contribution in [2.75, 3.05) is 50.2 Å². The Morgan fingerprint density at radius 1 is 1.08 bits per heavy atom. The molecule has 0 saturated carbocycles. The fourth-order valence-corrected chi connectivity index (χ4v) is 2.79. The molecule has 1 fully saturated rings. The number of hydrogen-bond donors (Lipinski definition) is 1. The Bertz CT molecular complexity index is 712. The van der Waals surface area contributed by atoms with Gasteiger partial charge in [-0.2, -0.15) is 0 Å². The van der Waals surface area contributed by atoms with Crippen LogP contribution in [0.4, 0.5) is 11.4 Å². The van der Waals surface area contributed by atoms with Crippen molar-refractivity contribution >= 4 is 17.3 Å². The molecule has 6 nitrogen and oxygen atoms in total. The summed E-state index contributed by atoms with van der Waals surface area (Å²) in [5.74, 6) is 1.21. The predicted molar refractivity (Wildman–Crippen MR) is 101 cm³/mol. The molecule has 0 aromatic heterocycles. The van der Waals surface area contributed by atoms with Crippen LogP contribution in [0.15, 0.2) is 48.5 Å². The number of morpholine rings is 1. The molecule has 26 heavy (non-hydrogen) atoms. The first kappa shape index (κ1) is 18.1. The van der Waals surface area contributed by atoms with Crippen molar-refractivity contribution in [1.82, 2.24) is 0 Å². The molecule has 6 heteroatoms. The van der Waals surface area contributed by atoms with Crippen molar-refractivity contribution < 1.29 is 19.0 Å². The first-order valence-corrected chi connectivity index (χ1v) is 8.74. The fourth-order valence-electron chi connectivity index (χ4n) is 2.79. The molecule has 1 heterocycles. The van der Waals surface area contributed by atoms with E-state index in [1.807, 2.05) is 48.5 Å². The van der Waals surface area contributed by atoms with Crippen LogP contribution in [0, 0.1) is 0 Å². The van der Waals surface area contributed by atoms with Crippen LogP contribution in [0.1, 0.15) is 6.42 Å². The van der Waals surface area contributed by atoms with Crippen LogP contribution in [0.25, 0.3) is 0 Å². The largest absolute Gasteiger partial charge is 0.493 e. The van der Waals surface area contributed by atoms with Crippen molar-refractivity contribution in [3.05, 3.63) is 48.5 Å². The van der Waals surface area contributed by atoms with E-state index in [1.165, 1.54) is 0 Å². The SMILES string of the molecule is COc1ccccc1OCCC(=O)Nc1ccc(N2CCOCC2)cc1. The third-order valence-electron chi connectivity index (χ3n) is 4.18. The molecule has 1 saturated heterocycles. The van der Waals surface area contributed by atoms with Crippen molar-refractivity contribution in [2.45, 2.75) is 6.42 Å². The number of nitrogens with one attached hydrogen (secondary N) is 1. The van der Waals surface area contributed by atoms with E-state index in [0.717, 1.165) is 37.7 Å². The third-order valence-corrected chi connectivity index (χ3v) is 4.18. The number of nitrogens with zero attached hydrogens (tertiary/aromatic N) is 1. The van der Waals surface area contributed by atoms with Gasteiger partial charge in [-0.1, -0.05) is 12.1 Å². The van der Waals surface area contributed by atoms with Gasteiger partial charge in [0.1, 0.15) is 0 Å². The number of para-hydroxylation sites is 2. The Balaban J connectivity index is 1.45. The Kier molecular flexibility index (Phi) is 6.33. The number of methoxy groups -OCH3 is 1. The van der Waals surface area contributed by atoms with E-state index < -0.39 is 0 Å². The molecule has 1 N–H and O–H groups in total. The molecule has 0 aliphatic carbocycles. The van der Waals surface area contributed by atoms with Gasteiger partial charge in [-0.05, 0) is 36.4 Å². The first-order valence-electron chi connectivity index (χ1n) is 8.74. The molecule has 0 spiro atoms. The van der Waals surface area contributed by atoms with Gasteiger partial charge in [-0.3, -0.25) is 4.79 Å². The lowest BCUT2D eigenvalue weighted by molar-refractivity contribution is -0.116. The van der Waals surface area contributed by atoms with Gasteiger partial charge in [0.25, 0.3) is 0 Å². The first-order chi connectivity index (χ1) is 12.8. The van der Waals surface area contributed by atoms with Gasteiger partial charge in [0.15, 0.2) is 11.5 Å². The van der Waals surface area contributed by atoms with Crippen LogP contribution in [-0.4, -0.2) is 45.9 Å². The number of ether oxygens (including phenoxy) is 3. The highest BCUT2D eigenvalue weighted by Crippen LogP contribution is 2.25. The molecule has 0 unspecified atom stereocenters. The number of benzene rings is 2. The fraction of sp³-hybridized carbons (Fsp3) is 0.350. The normalized spacial score (nSPS) is 14.0. The van der Waals surface area contributed by atoms with Crippen molar-refractivity contribution in [1.29, 1.82) is 0 Å². The van der Waals surface area contributed by atoms with E-state index in [9.17, 15) is 4.79 Å². The molecule has 138 valence electrons. The quantitative estimate of drug-likeness (QED) is 0.827. The van der Waals surface area contributed by atoms with Crippen LogP contribution >= 0.6 is 0 Å². The molecular weight excluding hydrogens is 332 g/mol. The summed E-state index contributed by atoms with van der Waals surface area (Å²) in [7, 11) is 1.59. The summed E-state index contributed by atoms with van der Waals surface area (Å²) in [6.07, 6.45) is 0.267. The van der Waals surface area contributed by atoms with Crippen LogP contribution in [0.2, 0.25) is 0 Å². The number of carbonyl (C=O) groups excluding carboxylic acids is 1. The maximum atomic E-state index is 12.1. The van der Waals surface area contributed by atoms with E-state index in [1.54, 1.807) is 7.11 Å². The number of amides is 1. The summed E-state index contributed by atoms with van der Waals surface area (Å²) in [4.78, 5) is 14.4. The third kappa shape index (κ3) is 4.89. The topological polar surface area (TPSA) is 60.0 Å². The van der Waals surface area contributed by atoms with Crippen LogP contribution in [0.3, 0.4) is 0 Å². The maximum absolute atomic E-state index is 12.1. The molecule has 0 atom stereocenters. The highest BCUT2D eigenvalue weighted by atomic mass is 16.5. The summed E-state index contributed by atoms with van der Waals surface area (Å²) in [6, 6.07) is 15.3. The molecule has 2 aromatic rings. The van der Waals surface area contributed by atoms with Gasteiger partial charge in [0.05, 0.1) is 33.4 Å². The summed E-state index contributed by atoms with van der Waals surface area (Å²) in [5.41, 5.74) is 1.93. The zero-order chi connectivity index (χ0) is 18.2. The van der Waals surface area contributed by atoms with E-state index in [-0.39, 0.29) is 18.9 Å². The number of rotatable bonds is 7. The lowest BCUT2D eigenvalue weighted by Gasteiger charge is -2.28. The van der Waals surface area contributed by atoms with Gasteiger partial charge < -0.3 is 24.4 Å². The molecule has 1 aliphatic rings. The zero-order valence-electron chi connectivity index (χ0n) is 14.9. The Labute approximate surface area is 153 Å². The van der Waals surface area contributed by atoms with Gasteiger partial charge in [0.2, 0.25) is 5.91 Å². The highest BCUT2D eigenvalue weighted by molar-refractivity contribution is 5.90. The monoisotopic (exact) mass is 356 g/mol. The molecule has 1 amide bonds. The Hall–Kier alpha value is -2.73. The second-order valence-electron chi connectivity index (χ2n) is 5.94. The van der Waals surface area contributed by atoms with Gasteiger partial charge in [-0.25, -0.2) is 0 Å². The molecule has 0 radical (unpaired) electrons. The van der Waals surface area contributed by atoms with Gasteiger partial charge in [0, 0.05) is 24.5 Å². The number of hydrogen-bond acceptors (Lipinski definition) is 5. The van der Waals surface area contributed by atoms with Gasteiger partial charge >= 0.3 is 0 Å². The average Bonchev–Trinajstić information content (AvgIpc) is 2.69. The van der Waals surface area contributed by atoms with E-state index in [0.29, 0.717) is 11.5 Å². The molecule has 2 aromatic carbocycles. The minimum Gasteiger partial charge on any atom is -0.493 e. The molecule has 3 rings (SSSR count). The summed E-state index contributed by atoms with van der Waals surface area (Å²) >= 11 is 0. The number of anilines is 2. The van der Waals surface area contributed by atoms with Crippen LogP contribution in [0.5, 0.6) is 11.5 Å². The average molecular weight is 356 g/mol. The van der Waals surface area contributed by atoms with Crippen LogP contribution in [-0.2, 0) is 9.53 Å². The van der Waals surface area contributed by atoms with Crippen LogP contribution < -0.4 is 19.7 Å². The lowest BCUT2D eigenvalue weighted by Crippen LogP contribution is -2.36. The smallest absolute Gasteiger partial charge is 0.227 e. The number of carbonyl (C=O) groups is 1. The Morgan fingerprint density at radius 3 is 2.46 bits per heavy atom. The van der Waals surface area contributed by atoms with Crippen molar-refractivity contribution in [3.63, 3.8) is 0 Å². The minimum atomic E-state index is -0.0842. The maximum Gasteiger partial charge on any atom is 0.227 e. The lowest BCUT2D eigenvalue weighted by atomic mass is 10.2. The standard InChI is InChI=1S/C20H24N2O4/c1-24-18-4-2-3-5-19(18)26-13-10-20(23)21-16-6-8-17(9-7-16)22-11-14-25-15-12-22/h2-9H,10-15H2,1H3,(H,21,23).